The predicted octanol–water partition coefficient (Wildman–Crippen LogP) is 2.32. The van der Waals surface area contributed by atoms with E-state index in [1.165, 1.54) is 6.92 Å². The Morgan fingerprint density at radius 3 is 2.63 bits per heavy atom. The number of H-pyrrole nitrogens is 1. The lowest BCUT2D eigenvalue weighted by Gasteiger charge is -2.09. The number of carbonyl (C=O) groups is 2. The Morgan fingerprint density at radius 2 is 1.89 bits per heavy atom. The monoisotopic (exact) mass is 384 g/mol. The fourth-order valence-electron chi connectivity index (χ4n) is 2.45. The molecule has 4 N–H and O–H groups in total. The molecule has 0 spiro atoms. The molecule has 0 saturated carbocycles. The number of carbonyl (C=O) groups excluding carboxylic acids is 2. The van der Waals surface area contributed by atoms with Crippen LogP contribution < -0.4 is 16.2 Å². The van der Waals surface area contributed by atoms with Crippen LogP contribution in [0.5, 0.6) is 5.88 Å². The van der Waals surface area contributed by atoms with Crippen molar-refractivity contribution < 1.29 is 14.7 Å². The third-order valence-electron chi connectivity index (χ3n) is 3.58. The van der Waals surface area contributed by atoms with Gasteiger partial charge in [0.2, 0.25) is 17.7 Å². The van der Waals surface area contributed by atoms with Crippen molar-refractivity contribution in [2.24, 2.45) is 0 Å². The van der Waals surface area contributed by atoms with E-state index in [2.05, 4.69) is 20.6 Å². The zero-order valence-corrected chi connectivity index (χ0v) is 15.1. The second-order valence-corrected chi connectivity index (χ2v) is 6.58. The summed E-state index contributed by atoms with van der Waals surface area (Å²) in [6.45, 7) is 1.21. The highest BCUT2D eigenvalue weighted by Crippen LogP contribution is 2.24. The second-order valence-electron chi connectivity index (χ2n) is 5.61. The second kappa shape index (κ2) is 7.92. The number of nitrogens with zero attached hydrogens (tertiary/aromatic N) is 1. The molecule has 27 heavy (non-hydrogen) atoms. The number of nitrogens with one attached hydrogen (secondary N) is 3. The van der Waals surface area contributed by atoms with E-state index in [1.54, 1.807) is 6.07 Å². The zero-order chi connectivity index (χ0) is 19.4. The average molecular weight is 384 g/mol. The number of hydrogen-bond donors (Lipinski definition) is 4. The standard InChI is InChI=1S/C18H16N4O4S/c1-10(23)19-15-16(25)21-18(22-17(15)26)27-9-14(24)20-13-8-4-6-11-5-2-3-7-12(11)13/h2-8H,9H2,1H3,(H,19,23)(H,20,24)(H2,21,22,25,26). The molecule has 0 unspecified atom stereocenters. The molecule has 0 aliphatic heterocycles. The third-order valence-corrected chi connectivity index (χ3v) is 4.46. The van der Waals surface area contributed by atoms with Gasteiger partial charge in [-0.15, -0.1) is 0 Å². The van der Waals surface area contributed by atoms with E-state index in [0.717, 1.165) is 22.5 Å². The fourth-order valence-corrected chi connectivity index (χ4v) is 3.11. The fraction of sp³-hybridized carbons (Fsp3) is 0.111. The number of benzene rings is 2. The minimum absolute atomic E-state index is 0.0227. The first-order valence-corrected chi connectivity index (χ1v) is 8.94. The van der Waals surface area contributed by atoms with E-state index in [9.17, 15) is 19.5 Å². The van der Waals surface area contributed by atoms with Crippen molar-refractivity contribution in [2.45, 2.75) is 12.1 Å². The molecule has 0 aliphatic carbocycles. The molecule has 9 heteroatoms. The number of amides is 2. The van der Waals surface area contributed by atoms with Crippen LogP contribution in [-0.2, 0) is 9.59 Å². The number of hydrogen-bond acceptors (Lipinski definition) is 6. The summed E-state index contributed by atoms with van der Waals surface area (Å²) in [5.41, 5.74) is -0.342. The summed E-state index contributed by atoms with van der Waals surface area (Å²) in [5, 5.41) is 16.8. The van der Waals surface area contributed by atoms with Crippen molar-refractivity contribution in [1.29, 1.82) is 0 Å². The predicted molar refractivity (Wildman–Crippen MR) is 104 cm³/mol. The first-order chi connectivity index (χ1) is 12.9. The summed E-state index contributed by atoms with van der Waals surface area (Å²) in [4.78, 5) is 41.4. The number of rotatable bonds is 5. The van der Waals surface area contributed by atoms with Gasteiger partial charge in [0.15, 0.2) is 10.8 Å². The summed E-state index contributed by atoms with van der Waals surface area (Å²) in [7, 11) is 0. The Hall–Kier alpha value is -3.33. The molecular formula is C18H16N4O4S. The minimum atomic E-state index is -0.699. The maximum Gasteiger partial charge on any atom is 0.279 e. The molecule has 138 valence electrons. The van der Waals surface area contributed by atoms with Crippen LogP contribution in [0.15, 0.2) is 52.4 Å². The van der Waals surface area contributed by atoms with Crippen molar-refractivity contribution >= 4 is 45.7 Å². The van der Waals surface area contributed by atoms with Crippen LogP contribution in [-0.4, -0.2) is 32.6 Å². The van der Waals surface area contributed by atoms with Crippen LogP contribution in [0.2, 0.25) is 0 Å². The number of anilines is 2. The maximum atomic E-state index is 12.2. The third kappa shape index (κ3) is 4.45. The van der Waals surface area contributed by atoms with Crippen LogP contribution in [0, 0.1) is 0 Å². The van der Waals surface area contributed by atoms with Gasteiger partial charge in [0, 0.05) is 18.0 Å². The number of thioether (sulfide) groups is 1. The Morgan fingerprint density at radius 1 is 1.15 bits per heavy atom. The zero-order valence-electron chi connectivity index (χ0n) is 14.3. The van der Waals surface area contributed by atoms with Gasteiger partial charge < -0.3 is 15.7 Å². The van der Waals surface area contributed by atoms with Gasteiger partial charge in [-0.3, -0.25) is 19.4 Å². The van der Waals surface area contributed by atoms with Crippen LogP contribution in [0.25, 0.3) is 10.8 Å². The first kappa shape index (κ1) is 18.5. The largest absolute Gasteiger partial charge is 0.492 e. The van der Waals surface area contributed by atoms with Crippen LogP contribution >= 0.6 is 11.8 Å². The van der Waals surface area contributed by atoms with Crippen LogP contribution in [0.3, 0.4) is 0 Å². The summed E-state index contributed by atoms with van der Waals surface area (Å²) < 4.78 is 0. The molecule has 0 fully saturated rings. The highest BCUT2D eigenvalue weighted by atomic mass is 32.2. The van der Waals surface area contributed by atoms with Gasteiger partial charge in [0.05, 0.1) is 5.75 Å². The lowest BCUT2D eigenvalue weighted by Crippen LogP contribution is -2.19. The van der Waals surface area contributed by atoms with Gasteiger partial charge in [0.1, 0.15) is 0 Å². The molecule has 1 aromatic heterocycles. The minimum Gasteiger partial charge on any atom is -0.492 e. The molecule has 3 rings (SSSR count). The normalized spacial score (nSPS) is 10.6. The molecule has 3 aromatic rings. The molecule has 0 saturated heterocycles. The molecule has 0 atom stereocenters. The van der Waals surface area contributed by atoms with Gasteiger partial charge in [0.25, 0.3) is 5.56 Å². The van der Waals surface area contributed by atoms with Crippen molar-refractivity contribution in [3.05, 3.63) is 52.8 Å². The molecule has 1 heterocycles. The van der Waals surface area contributed by atoms with Crippen molar-refractivity contribution in [2.75, 3.05) is 16.4 Å². The summed E-state index contributed by atoms with van der Waals surface area (Å²) in [5.74, 6) is -1.42. The lowest BCUT2D eigenvalue weighted by molar-refractivity contribution is -0.114. The number of aromatic nitrogens is 2. The highest BCUT2D eigenvalue weighted by molar-refractivity contribution is 7.99. The maximum absolute atomic E-state index is 12.2. The number of aromatic hydroxyl groups is 1. The summed E-state index contributed by atoms with van der Waals surface area (Å²) in [6.07, 6.45) is 0. The molecule has 0 radical (unpaired) electrons. The summed E-state index contributed by atoms with van der Waals surface area (Å²) in [6, 6.07) is 13.3. The molecular weight excluding hydrogens is 368 g/mol. The Kier molecular flexibility index (Phi) is 5.41. The Bertz CT molecular complexity index is 1080. The van der Waals surface area contributed by atoms with E-state index < -0.39 is 17.3 Å². The van der Waals surface area contributed by atoms with Gasteiger partial charge in [-0.1, -0.05) is 48.2 Å². The molecule has 2 aromatic carbocycles. The van der Waals surface area contributed by atoms with Crippen molar-refractivity contribution in [1.82, 2.24) is 9.97 Å². The smallest absolute Gasteiger partial charge is 0.279 e. The lowest BCUT2D eigenvalue weighted by atomic mass is 10.1. The Labute approximate surface area is 158 Å². The van der Waals surface area contributed by atoms with Gasteiger partial charge in [-0.25, -0.2) is 0 Å². The highest BCUT2D eigenvalue weighted by Gasteiger charge is 2.13. The molecule has 8 nitrogen and oxygen atoms in total. The topological polar surface area (TPSA) is 124 Å². The van der Waals surface area contributed by atoms with Crippen molar-refractivity contribution in [3.8, 4) is 5.88 Å². The molecule has 2 amide bonds. The van der Waals surface area contributed by atoms with Gasteiger partial charge >= 0.3 is 0 Å². The first-order valence-electron chi connectivity index (χ1n) is 7.95. The van der Waals surface area contributed by atoms with Crippen LogP contribution in [0.1, 0.15) is 6.92 Å². The summed E-state index contributed by atoms with van der Waals surface area (Å²) >= 11 is 0.958. The van der Waals surface area contributed by atoms with E-state index in [0.29, 0.717) is 5.69 Å². The van der Waals surface area contributed by atoms with Gasteiger partial charge in [-0.2, -0.15) is 4.98 Å². The number of fused-ring (bicyclic) bond motifs is 1. The van der Waals surface area contributed by atoms with E-state index >= 15 is 0 Å². The van der Waals surface area contributed by atoms with E-state index in [1.807, 2.05) is 36.4 Å². The Balaban J connectivity index is 1.69. The van der Waals surface area contributed by atoms with Gasteiger partial charge in [-0.05, 0) is 11.5 Å². The van der Waals surface area contributed by atoms with Crippen LogP contribution in [0.4, 0.5) is 11.4 Å². The SMILES string of the molecule is CC(=O)Nc1c(O)nc(SCC(=O)Nc2cccc3ccccc23)[nH]c1=O. The number of aromatic amines is 1. The van der Waals surface area contributed by atoms with E-state index in [-0.39, 0.29) is 22.5 Å². The molecule has 0 bridgehead atoms. The van der Waals surface area contributed by atoms with E-state index in [4.69, 9.17) is 0 Å². The quantitative estimate of drug-likeness (QED) is 0.395. The van der Waals surface area contributed by atoms with Crippen molar-refractivity contribution in [3.63, 3.8) is 0 Å². The average Bonchev–Trinajstić information content (AvgIpc) is 2.63. The molecule has 0 aliphatic rings.